The maximum absolute atomic E-state index is 9.14. The van der Waals surface area contributed by atoms with E-state index < -0.39 is 0 Å². The van der Waals surface area contributed by atoms with Crippen LogP contribution in [0.4, 0.5) is 0 Å². The second kappa shape index (κ2) is 5.29. The van der Waals surface area contributed by atoms with Crippen molar-refractivity contribution in [1.29, 1.82) is 0 Å². The third-order valence-electron chi connectivity index (χ3n) is 0.157. The second-order valence-corrected chi connectivity index (χ2v) is 0.453. The molecule has 36 valence electrons. The third kappa shape index (κ3) is 5.29. The van der Waals surface area contributed by atoms with Gasteiger partial charge < -0.3 is 0 Å². The van der Waals surface area contributed by atoms with Gasteiger partial charge in [0.15, 0.2) is 0 Å². The normalized spacial score (nSPS) is 5.71. The molecule has 0 radical (unpaired) electrons. The van der Waals surface area contributed by atoms with Crippen LogP contribution in [0.25, 0.3) is 0 Å². The summed E-state index contributed by atoms with van der Waals surface area (Å²) in [7, 11) is -0.0486. The zero-order valence-electron chi connectivity index (χ0n) is 3.20. The summed E-state index contributed by atoms with van der Waals surface area (Å²) in [6.45, 7) is 0. The molecule has 0 spiro atoms. The molecule has 0 bridgehead atoms. The van der Waals surface area contributed by atoms with Crippen molar-refractivity contribution in [2.75, 3.05) is 0 Å². The van der Waals surface area contributed by atoms with Crippen LogP contribution in [0.1, 0.15) is 0 Å². The summed E-state index contributed by atoms with van der Waals surface area (Å²) in [5.74, 6) is 0. The van der Waals surface area contributed by atoms with E-state index in [-0.39, 0.29) is 14.7 Å². The van der Waals surface area contributed by atoms with Gasteiger partial charge in [-0.15, -0.1) is 0 Å². The van der Waals surface area contributed by atoms with Gasteiger partial charge in [-0.05, 0) is 0 Å². The Morgan fingerprint density at radius 1 is 1.00 bits per heavy atom. The van der Waals surface area contributed by atoms with Gasteiger partial charge in [-0.25, -0.2) is 0 Å². The second-order valence-electron chi connectivity index (χ2n) is 0.453. The fraction of sp³-hybridized carbons (Fsp3) is 0. The van der Waals surface area contributed by atoms with Crippen molar-refractivity contribution in [3.05, 3.63) is 0 Å². The van der Waals surface area contributed by atoms with Gasteiger partial charge in [-0.3, -0.25) is 0 Å². The quantitative estimate of drug-likeness (QED) is 0.193. The Labute approximate surface area is 40.0 Å². The van der Waals surface area contributed by atoms with Crippen molar-refractivity contribution in [3.63, 3.8) is 0 Å². The first-order valence-corrected chi connectivity index (χ1v) is 1.28. The molecule has 0 aromatic rings. The van der Waals surface area contributed by atoms with Gasteiger partial charge in [0.05, 0.1) is 0 Å². The van der Waals surface area contributed by atoms with Gasteiger partial charge in [0.25, 0.3) is 0 Å². The molecule has 0 rings (SSSR count). The molecular weight excluding hydrogens is 102 g/mol. The molecule has 0 aromatic heterocycles. The summed E-state index contributed by atoms with van der Waals surface area (Å²) in [6.07, 6.45) is 0. The van der Waals surface area contributed by atoms with Crippen LogP contribution in [0.3, 0.4) is 0 Å². The average molecular weight is 102 g/mol. The number of hydrogen-bond donors (Lipinski definition) is 0. The fourth-order valence-electron chi connectivity index (χ4n) is 0.0548. The van der Waals surface area contributed by atoms with Gasteiger partial charge in [0, 0.05) is 0 Å². The molecule has 0 aliphatic carbocycles. The van der Waals surface area contributed by atoms with Crippen LogP contribution in [0.5, 0.6) is 0 Å². The zero-order valence-corrected chi connectivity index (χ0v) is 3.20. The molecule has 0 amide bonds. The van der Waals surface area contributed by atoms with Crippen LogP contribution >= 0.6 is 0 Å². The van der Waals surface area contributed by atoms with Crippen molar-refractivity contribution in [1.82, 2.24) is 0 Å². The molecule has 5 nitrogen and oxygen atoms in total. The van der Waals surface area contributed by atoms with Crippen molar-refractivity contribution >= 4 is 14.7 Å². The summed E-state index contributed by atoms with van der Waals surface area (Å²) >= 11 is 0. The Morgan fingerprint density at radius 3 is 1.71 bits per heavy atom. The van der Waals surface area contributed by atoms with E-state index in [0.29, 0.717) is 0 Å². The van der Waals surface area contributed by atoms with Gasteiger partial charge in [-0.1, -0.05) is 0 Å². The average Bonchev–Trinajstić information content (AvgIpc) is 1.69. The van der Waals surface area contributed by atoms with Crippen molar-refractivity contribution in [2.24, 2.45) is 0 Å². The number of hydrogen-bond acceptors (Lipinski definition) is 5. The van der Waals surface area contributed by atoms with Crippen LogP contribution in [0, 0.1) is 0 Å². The van der Waals surface area contributed by atoms with Gasteiger partial charge >= 0.3 is 38.8 Å². The third-order valence-corrected chi connectivity index (χ3v) is 0.157. The van der Waals surface area contributed by atoms with E-state index in [9.17, 15) is 0 Å². The molecule has 0 aliphatic rings. The standard InChI is InChI=1S/B2O5/c3-1-5-7-6-2-4. The Bertz CT molecular complexity index is 51.1. The topological polar surface area (TPSA) is 61.8 Å². The molecule has 0 saturated heterocycles. The molecule has 0 fully saturated rings. The Balaban J connectivity index is 2.68. The molecule has 0 N–H and O–H groups in total. The Morgan fingerprint density at radius 2 is 1.43 bits per heavy atom. The van der Waals surface area contributed by atoms with Crippen molar-refractivity contribution in [3.8, 4) is 0 Å². The zero-order chi connectivity index (χ0) is 5.54. The number of rotatable bonds is 4. The van der Waals surface area contributed by atoms with E-state index in [1.165, 1.54) is 0 Å². The van der Waals surface area contributed by atoms with E-state index in [1.807, 2.05) is 0 Å². The van der Waals surface area contributed by atoms with E-state index in [2.05, 4.69) is 14.6 Å². The minimum absolute atomic E-state index is 0.0243. The van der Waals surface area contributed by atoms with Crippen LogP contribution in [-0.2, 0) is 24.1 Å². The molecule has 0 saturated carbocycles. The summed E-state index contributed by atoms with van der Waals surface area (Å²) < 4.78 is 18.3. The summed E-state index contributed by atoms with van der Waals surface area (Å²) in [5, 5.41) is 3.40. The molecule has 7 heavy (non-hydrogen) atoms. The predicted octanol–water partition coefficient (Wildman–Crippen LogP) is -1.20. The SMILES string of the molecule is O=BOOOB=O. The molecule has 7 heteroatoms. The first-order chi connectivity index (χ1) is 3.41. The van der Waals surface area contributed by atoms with Gasteiger partial charge in [0.2, 0.25) is 0 Å². The van der Waals surface area contributed by atoms with E-state index in [0.717, 1.165) is 0 Å². The molecule has 0 atom stereocenters. The summed E-state index contributed by atoms with van der Waals surface area (Å²) in [4.78, 5) is 6.88. The van der Waals surface area contributed by atoms with Gasteiger partial charge in [-0.2, -0.15) is 0 Å². The predicted molar refractivity (Wildman–Crippen MR) is 16.1 cm³/mol. The molecule has 0 heterocycles. The molecule has 0 aliphatic heterocycles. The summed E-state index contributed by atoms with van der Waals surface area (Å²) in [6, 6.07) is 0. The minimum atomic E-state index is -0.0243. The molecule has 0 aromatic carbocycles. The van der Waals surface area contributed by atoms with Gasteiger partial charge in [0.1, 0.15) is 0 Å². The van der Waals surface area contributed by atoms with Crippen LogP contribution in [-0.4, -0.2) is 14.7 Å². The Hall–Kier alpha value is -0.710. The molecule has 0 unspecified atom stereocenters. The first kappa shape index (κ1) is 6.29. The van der Waals surface area contributed by atoms with E-state index in [4.69, 9.17) is 9.41 Å². The van der Waals surface area contributed by atoms with Crippen LogP contribution in [0.15, 0.2) is 0 Å². The van der Waals surface area contributed by atoms with Crippen molar-refractivity contribution < 1.29 is 24.1 Å². The summed E-state index contributed by atoms with van der Waals surface area (Å²) in [5.41, 5.74) is 0. The van der Waals surface area contributed by atoms with Crippen LogP contribution < -0.4 is 0 Å². The first-order valence-electron chi connectivity index (χ1n) is 1.28. The molecular formula is B2O5. The van der Waals surface area contributed by atoms with Crippen molar-refractivity contribution in [2.45, 2.75) is 0 Å². The van der Waals surface area contributed by atoms with E-state index >= 15 is 0 Å². The Kier molecular flexibility index (Phi) is 4.75. The monoisotopic (exact) mass is 102 g/mol. The maximum atomic E-state index is 9.14. The van der Waals surface area contributed by atoms with Crippen LogP contribution in [0.2, 0.25) is 0 Å². The van der Waals surface area contributed by atoms with E-state index in [1.54, 1.807) is 0 Å². The fourth-order valence-corrected chi connectivity index (χ4v) is 0.0548.